The van der Waals surface area contributed by atoms with Gasteiger partial charge < -0.3 is 28.1 Å². The van der Waals surface area contributed by atoms with Crippen molar-refractivity contribution in [2.75, 3.05) is 40.1 Å². The van der Waals surface area contributed by atoms with E-state index in [0.29, 0.717) is 19.6 Å². The molecule has 1 saturated heterocycles. The van der Waals surface area contributed by atoms with Gasteiger partial charge in [0.25, 0.3) is 0 Å². The number of phosphoric ester groups is 1. The van der Waals surface area contributed by atoms with Gasteiger partial charge in [-0.15, -0.1) is 13.2 Å². The van der Waals surface area contributed by atoms with Crippen molar-refractivity contribution in [1.29, 1.82) is 0 Å². The van der Waals surface area contributed by atoms with Gasteiger partial charge in [-0.3, -0.25) is 13.6 Å². The lowest BCUT2D eigenvalue weighted by molar-refractivity contribution is -0.302. The second-order valence-electron chi connectivity index (χ2n) is 18.4. The molecule has 364 valence electrons. The normalized spacial score (nSPS) is 20.6. The van der Waals surface area contributed by atoms with Crippen molar-refractivity contribution in [3.63, 3.8) is 0 Å². The Labute approximate surface area is 382 Å². The maximum absolute atomic E-state index is 14.3. The Morgan fingerprint density at radius 2 is 1.24 bits per heavy atom. The molecule has 0 amide bonds. The van der Waals surface area contributed by atoms with Crippen LogP contribution in [0, 0.1) is 0 Å². The highest BCUT2D eigenvalue weighted by Gasteiger charge is 2.53. The van der Waals surface area contributed by atoms with E-state index in [1.165, 1.54) is 108 Å². The average Bonchev–Trinajstić information content (AvgIpc) is 3.24. The first-order chi connectivity index (χ1) is 29.8. The zero-order chi connectivity index (χ0) is 46.0. The summed E-state index contributed by atoms with van der Waals surface area (Å²) in [7, 11) is -4.70. The highest BCUT2D eigenvalue weighted by molar-refractivity contribution is 7.48. The van der Waals surface area contributed by atoms with Crippen LogP contribution >= 0.6 is 7.82 Å². The summed E-state index contributed by atoms with van der Waals surface area (Å²) >= 11 is 0. The number of allylic oxidation sites excluding steroid dienone is 3. The average molecular weight is 915 g/mol. The quantitative estimate of drug-likeness (QED) is 0.0194. The fraction of sp³-hybridized carbons (Fsp3) is 0.840. The van der Waals surface area contributed by atoms with Crippen LogP contribution in [0.25, 0.3) is 0 Å². The van der Waals surface area contributed by atoms with Crippen LogP contribution in [-0.4, -0.2) is 85.3 Å². The van der Waals surface area contributed by atoms with Crippen LogP contribution in [0.2, 0.25) is 18.1 Å². The van der Waals surface area contributed by atoms with Crippen molar-refractivity contribution in [3.05, 3.63) is 49.8 Å². The Morgan fingerprint density at radius 3 is 1.79 bits per heavy atom. The molecule has 0 aliphatic carbocycles. The van der Waals surface area contributed by atoms with E-state index in [2.05, 4.69) is 73.0 Å². The maximum atomic E-state index is 14.3. The predicted molar refractivity (Wildman–Crippen MR) is 260 cm³/mol. The zero-order valence-corrected chi connectivity index (χ0v) is 43.2. The third-order valence-corrected chi connectivity index (χ3v) is 17.9. The fourth-order valence-electron chi connectivity index (χ4n) is 7.07. The number of unbranched alkanes of at least 4 members (excludes halogenated alkanes) is 16. The van der Waals surface area contributed by atoms with E-state index < -0.39 is 46.8 Å². The van der Waals surface area contributed by atoms with E-state index in [1.807, 2.05) is 13.0 Å². The summed E-state index contributed by atoms with van der Waals surface area (Å²) < 4.78 is 71.4. The molecule has 62 heavy (non-hydrogen) atoms. The molecule has 1 aliphatic rings. The Hall–Kier alpha value is -1.11. The Bertz CT molecular complexity index is 1190. The lowest BCUT2D eigenvalue weighted by Crippen LogP contribution is -2.62. The summed E-state index contributed by atoms with van der Waals surface area (Å²) in [6, 6.07) is 0. The SMILES string of the molecule is C=CCOP(=O)(OCC=C)O[C@H]1[C@H](OCC[C@@H](CCCCCCC)OC)[C@@H](OCCCCCCCCCC/C=C\CCCCCC)C(O/C=C/C)O[C@@H]1CO[Si](C)(C)C(C)(C)C. The van der Waals surface area contributed by atoms with Crippen LogP contribution in [0.1, 0.15) is 176 Å². The van der Waals surface area contributed by atoms with Crippen molar-refractivity contribution < 1.29 is 46.2 Å². The van der Waals surface area contributed by atoms with Crippen LogP contribution < -0.4 is 0 Å². The topological polar surface area (TPSA) is 100 Å². The van der Waals surface area contributed by atoms with Crippen LogP contribution in [0.4, 0.5) is 0 Å². The molecule has 0 bridgehead atoms. The Morgan fingerprint density at radius 1 is 0.710 bits per heavy atom. The standard InChI is InChI=1S/C50H95O10PSi/c1-12-17-19-21-22-23-24-25-26-27-28-29-30-31-33-35-41-53-48-47(54-42-37-44(52-9)36-34-32-20-18-13-2)46(60-61(51,56-39-15-4)57-40-16-5)45(59-49(48)55-38-14-3)43-58-62(10,11)50(6,7)8/h14-16,23-24,38,44-49H,4-5,12-13,17-22,25-37,39-43H2,1-3,6-11H3/b24-23-,38-14+/t44-,45-,46-,47+,48-,49?/m1/s1. The third kappa shape index (κ3) is 26.1. The highest BCUT2D eigenvalue weighted by atomic mass is 31.2. The molecule has 1 heterocycles. The molecular weight excluding hydrogens is 820 g/mol. The van der Waals surface area contributed by atoms with Crippen molar-refractivity contribution in [2.45, 2.75) is 231 Å². The van der Waals surface area contributed by atoms with Crippen molar-refractivity contribution in [3.8, 4) is 0 Å². The van der Waals surface area contributed by atoms with Gasteiger partial charge in [0.05, 0.1) is 32.2 Å². The Kier molecular flexibility index (Phi) is 34.3. The molecule has 0 aromatic heterocycles. The van der Waals surface area contributed by atoms with Gasteiger partial charge in [0.2, 0.25) is 6.29 Å². The lowest BCUT2D eigenvalue weighted by atomic mass is 9.98. The van der Waals surface area contributed by atoms with Crippen LogP contribution in [0.15, 0.2) is 49.8 Å². The smallest absolute Gasteiger partial charge is 0.470 e. The van der Waals surface area contributed by atoms with Crippen LogP contribution in [-0.2, 0) is 46.2 Å². The molecule has 0 radical (unpaired) electrons. The first kappa shape index (κ1) is 58.9. The first-order valence-electron chi connectivity index (χ1n) is 24.6. The molecule has 0 N–H and O–H groups in total. The van der Waals surface area contributed by atoms with Crippen LogP contribution in [0.5, 0.6) is 0 Å². The second-order valence-corrected chi connectivity index (χ2v) is 24.8. The third-order valence-electron chi connectivity index (χ3n) is 12.0. The molecule has 10 nitrogen and oxygen atoms in total. The van der Waals surface area contributed by atoms with E-state index >= 15 is 0 Å². The summed E-state index contributed by atoms with van der Waals surface area (Å²) in [4.78, 5) is 0. The van der Waals surface area contributed by atoms with E-state index in [0.717, 1.165) is 32.1 Å². The number of hydrogen-bond donors (Lipinski definition) is 0. The summed E-state index contributed by atoms with van der Waals surface area (Å²) in [5, 5.41) is -0.0634. The Balaban J connectivity index is 3.23. The first-order valence-corrected chi connectivity index (χ1v) is 29.0. The fourth-order valence-corrected chi connectivity index (χ4v) is 9.41. The summed E-state index contributed by atoms with van der Waals surface area (Å²) in [5.74, 6) is 0. The van der Waals surface area contributed by atoms with Gasteiger partial charge in [0.1, 0.15) is 24.4 Å². The minimum Gasteiger partial charge on any atom is -0.470 e. The van der Waals surface area contributed by atoms with Gasteiger partial charge in [0, 0.05) is 20.3 Å². The monoisotopic (exact) mass is 915 g/mol. The molecule has 0 spiro atoms. The summed E-state index contributed by atoms with van der Waals surface area (Å²) in [6.07, 6.45) is 31.9. The second kappa shape index (κ2) is 36.1. The molecule has 6 atom stereocenters. The minimum absolute atomic E-state index is 0.0304. The van der Waals surface area contributed by atoms with E-state index in [1.54, 1.807) is 13.4 Å². The minimum atomic E-state index is -4.19. The highest BCUT2D eigenvalue weighted by Crippen LogP contribution is 2.53. The van der Waals surface area contributed by atoms with Gasteiger partial charge in [-0.1, -0.05) is 155 Å². The molecule has 1 unspecified atom stereocenters. The maximum Gasteiger partial charge on any atom is 0.475 e. The zero-order valence-electron chi connectivity index (χ0n) is 41.3. The molecule has 0 aromatic rings. The van der Waals surface area contributed by atoms with E-state index in [-0.39, 0.29) is 31.0 Å². The van der Waals surface area contributed by atoms with Gasteiger partial charge in [0.15, 0.2) is 8.32 Å². The van der Waals surface area contributed by atoms with Crippen molar-refractivity contribution in [2.24, 2.45) is 0 Å². The molecule has 12 heteroatoms. The molecule has 1 aliphatic heterocycles. The summed E-state index contributed by atoms with van der Waals surface area (Å²) in [5.41, 5.74) is 0. The number of methoxy groups -OCH3 is 1. The van der Waals surface area contributed by atoms with Gasteiger partial charge in [-0.2, -0.15) is 0 Å². The molecule has 1 rings (SSSR count). The lowest BCUT2D eigenvalue weighted by Gasteiger charge is -2.47. The molecule has 0 aromatic carbocycles. The van der Waals surface area contributed by atoms with Gasteiger partial charge in [-0.05, 0) is 70.0 Å². The number of rotatable bonds is 41. The number of ether oxygens (including phenoxy) is 5. The number of phosphoric acid groups is 1. The van der Waals surface area contributed by atoms with Crippen LogP contribution in [0.3, 0.4) is 0 Å². The number of hydrogen-bond acceptors (Lipinski definition) is 10. The largest absolute Gasteiger partial charge is 0.475 e. The molecular formula is C50H95O10PSi. The predicted octanol–water partition coefficient (Wildman–Crippen LogP) is 14.8. The van der Waals surface area contributed by atoms with Crippen molar-refractivity contribution >= 4 is 16.1 Å². The van der Waals surface area contributed by atoms with Gasteiger partial charge >= 0.3 is 7.82 Å². The van der Waals surface area contributed by atoms with E-state index in [9.17, 15) is 4.57 Å². The summed E-state index contributed by atoms with van der Waals surface area (Å²) in [6.45, 7) is 25.7. The van der Waals surface area contributed by atoms with Crippen molar-refractivity contribution in [1.82, 2.24) is 0 Å². The molecule has 1 fully saturated rings. The molecule has 0 saturated carbocycles. The van der Waals surface area contributed by atoms with Gasteiger partial charge in [-0.25, -0.2) is 4.57 Å². The van der Waals surface area contributed by atoms with E-state index in [4.69, 9.17) is 41.7 Å².